The number of hydroxylamine groups is 3. The summed E-state index contributed by atoms with van der Waals surface area (Å²) in [5.41, 5.74) is 0. The molecular weight excluding hydrogens is 321 g/mol. The first-order valence-electron chi connectivity index (χ1n) is 8.52. The Hall–Kier alpha value is -0.460. The normalized spacial score (nSPS) is 14.6. The number of carboxylic acid groups (broad SMARTS) is 1. The van der Waals surface area contributed by atoms with Crippen molar-refractivity contribution in [2.24, 2.45) is 0 Å². The van der Waals surface area contributed by atoms with Crippen LogP contribution in [0.3, 0.4) is 0 Å². The quantitative estimate of drug-likeness (QED) is 0.180. The summed E-state index contributed by atoms with van der Waals surface area (Å²) in [7, 11) is -4.53. The van der Waals surface area contributed by atoms with E-state index in [1.807, 2.05) is 0 Å². The van der Waals surface area contributed by atoms with E-state index in [0.29, 0.717) is 6.42 Å². The molecule has 0 amide bonds. The molecule has 0 heterocycles. The van der Waals surface area contributed by atoms with Crippen molar-refractivity contribution in [1.82, 2.24) is 0 Å². The van der Waals surface area contributed by atoms with Gasteiger partial charge in [-0.3, -0.25) is 4.57 Å². The third kappa shape index (κ3) is 14.8. The van der Waals surface area contributed by atoms with Gasteiger partial charge in [0.05, 0.1) is 6.54 Å². The number of aliphatic carboxylic acids is 1. The second kappa shape index (κ2) is 12.0. The van der Waals surface area contributed by atoms with Crippen LogP contribution in [0.15, 0.2) is 0 Å². The number of carboxylic acids is 1. The lowest BCUT2D eigenvalue weighted by Gasteiger charge is -2.41. The lowest BCUT2D eigenvalue weighted by molar-refractivity contribution is -0.863. The molecule has 0 rings (SSSR count). The van der Waals surface area contributed by atoms with Crippen molar-refractivity contribution >= 4 is 13.6 Å². The molecule has 1 atom stereocenters. The molecule has 0 saturated heterocycles. The molecule has 0 aromatic heterocycles. The lowest BCUT2D eigenvalue weighted by Crippen LogP contribution is -2.47. The van der Waals surface area contributed by atoms with Crippen molar-refractivity contribution in [2.75, 3.05) is 19.4 Å². The van der Waals surface area contributed by atoms with E-state index in [4.69, 9.17) is 14.9 Å². The Morgan fingerprint density at radius 2 is 1.39 bits per heavy atom. The highest BCUT2D eigenvalue weighted by Gasteiger charge is 2.30. The van der Waals surface area contributed by atoms with Gasteiger partial charge in [-0.05, 0) is 12.8 Å². The van der Waals surface area contributed by atoms with E-state index in [9.17, 15) is 14.6 Å². The Morgan fingerprint density at radius 3 is 1.78 bits per heavy atom. The predicted octanol–water partition coefficient (Wildman–Crippen LogP) is 3.44. The van der Waals surface area contributed by atoms with E-state index in [1.165, 1.54) is 38.5 Å². The van der Waals surface area contributed by atoms with Crippen LogP contribution in [0.25, 0.3) is 0 Å². The average Bonchev–Trinajstić information content (AvgIpc) is 2.37. The van der Waals surface area contributed by atoms with Gasteiger partial charge in [0.15, 0.2) is 12.8 Å². The SMILES string of the molecule is CCCCCCCCCCCC[N+]([O-])(CC(=O)O)CP(=O)(O)O. The van der Waals surface area contributed by atoms with Gasteiger partial charge in [-0.15, -0.1) is 0 Å². The maximum atomic E-state index is 12.2. The number of rotatable bonds is 15. The van der Waals surface area contributed by atoms with Gasteiger partial charge < -0.3 is 24.7 Å². The maximum Gasteiger partial charge on any atom is 0.379 e. The summed E-state index contributed by atoms with van der Waals surface area (Å²) in [4.78, 5) is 28.6. The fraction of sp³-hybridized carbons (Fsp3) is 0.933. The van der Waals surface area contributed by atoms with E-state index >= 15 is 0 Å². The minimum atomic E-state index is -4.53. The summed E-state index contributed by atoms with van der Waals surface area (Å²) in [5.74, 6) is -1.33. The van der Waals surface area contributed by atoms with E-state index in [2.05, 4.69) is 6.92 Å². The number of nitrogens with zero attached hydrogens (tertiary/aromatic N) is 1. The zero-order chi connectivity index (χ0) is 17.8. The third-order valence-corrected chi connectivity index (χ3v) is 4.67. The van der Waals surface area contributed by atoms with Gasteiger partial charge in [-0.1, -0.05) is 58.3 Å². The maximum absolute atomic E-state index is 12.2. The van der Waals surface area contributed by atoms with Crippen LogP contribution in [0.5, 0.6) is 0 Å². The molecule has 0 radical (unpaired) electrons. The van der Waals surface area contributed by atoms with Gasteiger partial charge >= 0.3 is 13.6 Å². The van der Waals surface area contributed by atoms with Crippen molar-refractivity contribution < 1.29 is 28.9 Å². The first-order valence-corrected chi connectivity index (χ1v) is 10.3. The molecule has 0 aliphatic rings. The second-order valence-corrected chi connectivity index (χ2v) is 7.93. The fourth-order valence-corrected chi connectivity index (χ4v) is 3.58. The second-order valence-electron chi connectivity index (χ2n) is 6.32. The van der Waals surface area contributed by atoms with Crippen LogP contribution in [-0.2, 0) is 9.36 Å². The molecule has 0 bridgehead atoms. The van der Waals surface area contributed by atoms with Crippen LogP contribution in [0.1, 0.15) is 71.1 Å². The number of hydrogen-bond donors (Lipinski definition) is 3. The molecule has 1 unspecified atom stereocenters. The Morgan fingerprint density at radius 1 is 0.957 bits per heavy atom. The molecule has 0 aromatic rings. The summed E-state index contributed by atoms with van der Waals surface area (Å²) >= 11 is 0. The van der Waals surface area contributed by atoms with E-state index in [-0.39, 0.29) is 6.54 Å². The summed E-state index contributed by atoms with van der Waals surface area (Å²) in [6, 6.07) is 0. The highest BCUT2D eigenvalue weighted by molar-refractivity contribution is 7.51. The summed E-state index contributed by atoms with van der Waals surface area (Å²) < 4.78 is 9.65. The van der Waals surface area contributed by atoms with Gasteiger partial charge in [0.2, 0.25) is 0 Å². The van der Waals surface area contributed by atoms with Crippen molar-refractivity contribution in [3.63, 3.8) is 0 Å². The molecule has 0 aliphatic heterocycles. The Labute approximate surface area is 139 Å². The van der Waals surface area contributed by atoms with E-state index < -0.39 is 31.0 Å². The number of quaternary nitrogens is 1. The summed E-state index contributed by atoms with van der Waals surface area (Å²) in [6.45, 7) is 1.32. The third-order valence-electron chi connectivity index (χ3n) is 3.78. The molecule has 0 fully saturated rings. The number of hydrogen-bond acceptors (Lipinski definition) is 3. The van der Waals surface area contributed by atoms with Crippen LogP contribution in [0.4, 0.5) is 0 Å². The van der Waals surface area contributed by atoms with Crippen molar-refractivity contribution in [3.8, 4) is 0 Å². The summed E-state index contributed by atoms with van der Waals surface area (Å²) in [5, 5.41) is 21.0. The van der Waals surface area contributed by atoms with E-state index in [1.54, 1.807) is 0 Å². The topological polar surface area (TPSA) is 118 Å². The lowest BCUT2D eigenvalue weighted by atomic mass is 10.1. The largest absolute Gasteiger partial charge is 0.632 e. The van der Waals surface area contributed by atoms with Crippen molar-refractivity contribution in [2.45, 2.75) is 71.1 Å². The monoisotopic (exact) mass is 353 g/mol. The first kappa shape index (κ1) is 22.5. The van der Waals surface area contributed by atoms with Crippen LogP contribution in [-0.4, -0.2) is 44.9 Å². The van der Waals surface area contributed by atoms with Crippen molar-refractivity contribution in [3.05, 3.63) is 5.21 Å². The zero-order valence-electron chi connectivity index (χ0n) is 14.2. The van der Waals surface area contributed by atoms with Gasteiger partial charge in [-0.2, -0.15) is 0 Å². The van der Waals surface area contributed by atoms with Crippen molar-refractivity contribution in [1.29, 1.82) is 0 Å². The van der Waals surface area contributed by atoms with Crippen LogP contribution < -0.4 is 0 Å². The van der Waals surface area contributed by atoms with Gasteiger partial charge in [0.25, 0.3) is 0 Å². The van der Waals surface area contributed by atoms with E-state index in [0.717, 1.165) is 19.3 Å². The average molecular weight is 353 g/mol. The fourth-order valence-electron chi connectivity index (χ4n) is 2.67. The Balaban J connectivity index is 3.87. The molecule has 138 valence electrons. The van der Waals surface area contributed by atoms with Crippen LogP contribution >= 0.6 is 7.60 Å². The molecule has 0 spiro atoms. The molecular formula is C15H32NO6P. The standard InChI is InChI=1S/C15H32NO6P/c1-2-3-4-5-6-7-8-9-10-11-12-16(19,13-15(17)18)14-23(20,21)22/h2-14H2,1H3,(H,17,18)(H2,20,21,22). The highest BCUT2D eigenvalue weighted by Crippen LogP contribution is 2.38. The minimum Gasteiger partial charge on any atom is -0.632 e. The summed E-state index contributed by atoms with van der Waals surface area (Å²) in [6.07, 6.45) is 9.82. The Kier molecular flexibility index (Phi) is 11.7. The molecule has 0 saturated carbocycles. The molecule has 23 heavy (non-hydrogen) atoms. The number of unbranched alkanes of at least 4 members (excludes halogenated alkanes) is 9. The van der Waals surface area contributed by atoms with Crippen LogP contribution in [0.2, 0.25) is 0 Å². The first-order chi connectivity index (χ1) is 10.7. The molecule has 0 aromatic carbocycles. The molecule has 0 aliphatic carbocycles. The van der Waals surface area contributed by atoms with Crippen LogP contribution in [0, 0.1) is 5.21 Å². The van der Waals surface area contributed by atoms with Gasteiger partial charge in [0.1, 0.15) is 0 Å². The zero-order valence-corrected chi connectivity index (χ0v) is 15.0. The highest BCUT2D eigenvalue weighted by atomic mass is 31.2. The number of carbonyl (C=O) groups is 1. The minimum absolute atomic E-state index is 0.0616. The molecule has 7 nitrogen and oxygen atoms in total. The molecule has 3 N–H and O–H groups in total. The predicted molar refractivity (Wildman–Crippen MR) is 89.8 cm³/mol. The smallest absolute Gasteiger partial charge is 0.379 e. The van der Waals surface area contributed by atoms with Gasteiger partial charge in [-0.25, -0.2) is 4.79 Å². The Bertz CT molecular complexity index is 373. The molecule has 8 heteroatoms. The van der Waals surface area contributed by atoms with Gasteiger partial charge in [0, 0.05) is 0 Å².